The maximum atomic E-state index is 10.7. The van der Waals surface area contributed by atoms with Gasteiger partial charge in [-0.05, 0) is 24.1 Å². The van der Waals surface area contributed by atoms with Crippen molar-refractivity contribution in [3.8, 4) is 0 Å². The fourth-order valence-corrected chi connectivity index (χ4v) is 1.72. The van der Waals surface area contributed by atoms with Gasteiger partial charge < -0.3 is 5.32 Å². The second kappa shape index (κ2) is 4.23. The van der Waals surface area contributed by atoms with Crippen LogP contribution >= 0.6 is 0 Å². The van der Waals surface area contributed by atoms with E-state index in [1.807, 2.05) is 12.2 Å². The van der Waals surface area contributed by atoms with Crippen LogP contribution in [0.25, 0.3) is 0 Å². The minimum atomic E-state index is -0.352. The van der Waals surface area contributed by atoms with Crippen molar-refractivity contribution in [3.05, 3.63) is 57.3 Å². The van der Waals surface area contributed by atoms with Gasteiger partial charge in [0.2, 0.25) is 0 Å². The molecule has 2 rings (SSSR count). The summed E-state index contributed by atoms with van der Waals surface area (Å²) in [4.78, 5) is 10.4. The molecule has 4 nitrogen and oxygen atoms in total. The minimum absolute atomic E-state index is 0.149. The average molecular weight is 204 g/mol. The van der Waals surface area contributed by atoms with Gasteiger partial charge in [-0.1, -0.05) is 18.2 Å². The summed E-state index contributed by atoms with van der Waals surface area (Å²) in [5.74, 6) is 0. The zero-order valence-electron chi connectivity index (χ0n) is 8.27. The monoisotopic (exact) mass is 204 g/mol. The molecule has 0 atom stereocenters. The van der Waals surface area contributed by atoms with Crippen molar-refractivity contribution in [2.24, 2.45) is 0 Å². The molecule has 1 heterocycles. The highest BCUT2D eigenvalue weighted by molar-refractivity contribution is 5.42. The molecule has 2 aliphatic rings. The van der Waals surface area contributed by atoms with E-state index in [-0.39, 0.29) is 10.6 Å². The van der Waals surface area contributed by atoms with E-state index in [9.17, 15) is 10.1 Å². The van der Waals surface area contributed by atoms with E-state index in [4.69, 9.17) is 0 Å². The molecule has 0 unspecified atom stereocenters. The SMILES string of the molecule is O=[N+]([O-])C1=C/C=C/C=C2\CCNC\C2=C\1. The van der Waals surface area contributed by atoms with Gasteiger partial charge in [0.05, 0.1) is 4.92 Å². The highest BCUT2D eigenvalue weighted by Gasteiger charge is 2.15. The molecule has 0 radical (unpaired) electrons. The van der Waals surface area contributed by atoms with Gasteiger partial charge in [-0.25, -0.2) is 0 Å². The summed E-state index contributed by atoms with van der Waals surface area (Å²) in [5, 5.41) is 13.9. The van der Waals surface area contributed by atoms with Crippen LogP contribution in [0.15, 0.2) is 47.2 Å². The molecule has 1 fully saturated rings. The van der Waals surface area contributed by atoms with Crippen LogP contribution in [0.1, 0.15) is 6.42 Å². The number of nitrogens with one attached hydrogen (secondary N) is 1. The quantitative estimate of drug-likeness (QED) is 0.521. The van der Waals surface area contributed by atoms with Gasteiger partial charge in [0.25, 0.3) is 5.70 Å². The summed E-state index contributed by atoms with van der Waals surface area (Å²) in [6.45, 7) is 1.65. The molecule has 0 aromatic carbocycles. The number of nitro groups is 1. The molecule has 0 spiro atoms. The highest BCUT2D eigenvalue weighted by atomic mass is 16.6. The van der Waals surface area contributed by atoms with Crippen molar-refractivity contribution in [2.45, 2.75) is 6.42 Å². The van der Waals surface area contributed by atoms with E-state index in [1.54, 1.807) is 12.2 Å². The second-order valence-corrected chi connectivity index (χ2v) is 3.52. The van der Waals surface area contributed by atoms with Crippen LogP contribution < -0.4 is 5.32 Å². The summed E-state index contributed by atoms with van der Waals surface area (Å²) < 4.78 is 0. The van der Waals surface area contributed by atoms with Crippen LogP contribution in [0.2, 0.25) is 0 Å². The summed E-state index contributed by atoms with van der Waals surface area (Å²) in [6, 6.07) is 0. The molecular formula is C11H12N2O2. The van der Waals surface area contributed by atoms with E-state index in [0.29, 0.717) is 6.54 Å². The van der Waals surface area contributed by atoms with Crippen molar-refractivity contribution >= 4 is 0 Å². The lowest BCUT2D eigenvalue weighted by atomic mass is 9.96. The maximum Gasteiger partial charge on any atom is 0.269 e. The van der Waals surface area contributed by atoms with Gasteiger partial charge in [0.1, 0.15) is 0 Å². The molecule has 1 aliphatic heterocycles. The van der Waals surface area contributed by atoms with Gasteiger partial charge in [0, 0.05) is 18.7 Å². The van der Waals surface area contributed by atoms with Crippen LogP contribution in [-0.4, -0.2) is 18.0 Å². The Bertz CT molecular complexity index is 403. The Kier molecular flexibility index (Phi) is 2.78. The average Bonchev–Trinajstić information content (AvgIpc) is 2.18. The topological polar surface area (TPSA) is 55.2 Å². The molecule has 0 aromatic heterocycles. The molecule has 0 amide bonds. The third-order valence-electron chi connectivity index (χ3n) is 2.51. The zero-order valence-corrected chi connectivity index (χ0v) is 8.27. The van der Waals surface area contributed by atoms with Gasteiger partial charge in [-0.3, -0.25) is 10.1 Å². The second-order valence-electron chi connectivity index (χ2n) is 3.52. The van der Waals surface area contributed by atoms with Crippen LogP contribution in [0.5, 0.6) is 0 Å². The summed E-state index contributed by atoms with van der Waals surface area (Å²) in [5.41, 5.74) is 2.36. The molecular weight excluding hydrogens is 192 g/mol. The largest absolute Gasteiger partial charge is 0.312 e. The normalized spacial score (nSPS) is 32.9. The lowest BCUT2D eigenvalue weighted by Crippen LogP contribution is -2.26. The van der Waals surface area contributed by atoms with E-state index in [0.717, 1.165) is 18.5 Å². The first-order chi connectivity index (χ1) is 7.27. The number of hydrogen-bond acceptors (Lipinski definition) is 3. The Hall–Kier alpha value is -1.68. The summed E-state index contributed by atoms with van der Waals surface area (Å²) in [6.07, 6.45) is 9.70. The first-order valence-corrected chi connectivity index (χ1v) is 4.91. The number of hydrogen-bond donors (Lipinski definition) is 1. The molecule has 0 saturated carbocycles. The molecule has 1 N–H and O–H groups in total. The molecule has 0 aromatic rings. The van der Waals surface area contributed by atoms with Crippen molar-refractivity contribution in [3.63, 3.8) is 0 Å². The Balaban J connectivity index is 2.36. The summed E-state index contributed by atoms with van der Waals surface area (Å²) in [7, 11) is 0. The third-order valence-corrected chi connectivity index (χ3v) is 2.51. The number of fused-ring (bicyclic) bond motifs is 1. The van der Waals surface area contributed by atoms with E-state index in [1.165, 1.54) is 11.6 Å². The predicted molar refractivity (Wildman–Crippen MR) is 57.9 cm³/mol. The number of nitrogens with zero attached hydrogens (tertiary/aromatic N) is 1. The maximum absolute atomic E-state index is 10.7. The van der Waals surface area contributed by atoms with E-state index < -0.39 is 0 Å². The molecule has 78 valence electrons. The Labute approximate surface area is 87.8 Å². The van der Waals surface area contributed by atoms with Crippen molar-refractivity contribution in [1.29, 1.82) is 0 Å². The fraction of sp³-hybridized carbons (Fsp3) is 0.273. The van der Waals surface area contributed by atoms with Crippen LogP contribution in [-0.2, 0) is 0 Å². The Morgan fingerprint density at radius 3 is 2.87 bits per heavy atom. The third kappa shape index (κ3) is 2.22. The highest BCUT2D eigenvalue weighted by Crippen LogP contribution is 2.20. The van der Waals surface area contributed by atoms with Crippen LogP contribution in [0, 0.1) is 10.1 Å². The van der Waals surface area contributed by atoms with E-state index in [2.05, 4.69) is 5.32 Å². The molecule has 0 bridgehead atoms. The lowest BCUT2D eigenvalue weighted by molar-refractivity contribution is -0.419. The van der Waals surface area contributed by atoms with Gasteiger partial charge in [0.15, 0.2) is 0 Å². The Morgan fingerprint density at radius 2 is 2.07 bits per heavy atom. The van der Waals surface area contributed by atoms with Crippen molar-refractivity contribution in [1.82, 2.24) is 5.32 Å². The molecule has 4 heteroatoms. The number of rotatable bonds is 1. The first kappa shape index (κ1) is 9.86. The molecule has 1 saturated heterocycles. The molecule has 1 aliphatic carbocycles. The fourth-order valence-electron chi connectivity index (χ4n) is 1.72. The van der Waals surface area contributed by atoms with Gasteiger partial charge >= 0.3 is 0 Å². The van der Waals surface area contributed by atoms with Gasteiger partial charge in [-0.15, -0.1) is 0 Å². The first-order valence-electron chi connectivity index (χ1n) is 4.91. The van der Waals surface area contributed by atoms with Crippen molar-refractivity contribution < 1.29 is 4.92 Å². The van der Waals surface area contributed by atoms with Crippen LogP contribution in [0.3, 0.4) is 0 Å². The molecule has 15 heavy (non-hydrogen) atoms. The van der Waals surface area contributed by atoms with Crippen molar-refractivity contribution in [2.75, 3.05) is 13.1 Å². The number of allylic oxidation sites excluding steroid dienone is 5. The predicted octanol–water partition coefficient (Wildman–Crippen LogP) is 1.56. The smallest absolute Gasteiger partial charge is 0.269 e. The van der Waals surface area contributed by atoms with Gasteiger partial charge in [-0.2, -0.15) is 0 Å². The lowest BCUT2D eigenvalue weighted by Gasteiger charge is -2.19. The minimum Gasteiger partial charge on any atom is -0.312 e. The standard InChI is InChI=1S/C11H12N2O2/c14-13(15)11-4-2-1-3-9-5-6-12-8-10(9)7-11/h1-4,7,12H,5-6,8H2/b2-1+,3-1?,4-2?,9-3+,10-7-,11-4+,11-7?. The van der Waals surface area contributed by atoms with Crippen LogP contribution in [0.4, 0.5) is 0 Å². The Morgan fingerprint density at radius 1 is 1.27 bits per heavy atom. The van der Waals surface area contributed by atoms with E-state index >= 15 is 0 Å². The zero-order chi connectivity index (χ0) is 10.7. The summed E-state index contributed by atoms with van der Waals surface area (Å²) >= 11 is 0. The number of piperidine rings is 1.